The maximum Gasteiger partial charge on any atom is 0.224 e. The van der Waals surface area contributed by atoms with Gasteiger partial charge in [-0.05, 0) is 31.8 Å². The van der Waals surface area contributed by atoms with Gasteiger partial charge in [0.15, 0.2) is 0 Å². The number of nitrogens with zero attached hydrogens (tertiary/aromatic N) is 1. The van der Waals surface area contributed by atoms with Crippen molar-refractivity contribution in [1.82, 2.24) is 10.2 Å². The summed E-state index contributed by atoms with van der Waals surface area (Å²) >= 11 is 11.7. The fraction of sp³-hybridized carbons (Fsp3) is 0.417. The van der Waals surface area contributed by atoms with Crippen LogP contribution < -0.4 is 5.32 Å². The molecule has 0 saturated heterocycles. The number of hydrogen-bond acceptors (Lipinski definition) is 2. The molecule has 5 heteroatoms. The monoisotopic (exact) mass is 274 g/mol. The van der Waals surface area contributed by atoms with Crippen LogP contribution in [0.4, 0.5) is 0 Å². The molecule has 0 saturated carbocycles. The van der Waals surface area contributed by atoms with E-state index in [0.29, 0.717) is 23.0 Å². The van der Waals surface area contributed by atoms with Crippen molar-refractivity contribution in [2.45, 2.75) is 6.42 Å². The van der Waals surface area contributed by atoms with Gasteiger partial charge in [-0.1, -0.05) is 29.3 Å². The van der Waals surface area contributed by atoms with Crippen molar-refractivity contribution in [3.63, 3.8) is 0 Å². The largest absolute Gasteiger partial charge is 0.355 e. The van der Waals surface area contributed by atoms with Gasteiger partial charge < -0.3 is 10.2 Å². The third kappa shape index (κ3) is 5.39. The summed E-state index contributed by atoms with van der Waals surface area (Å²) < 4.78 is 0. The molecule has 1 aromatic rings. The first-order chi connectivity index (χ1) is 7.99. The molecule has 17 heavy (non-hydrogen) atoms. The molecule has 0 aliphatic carbocycles. The molecule has 0 unspecified atom stereocenters. The van der Waals surface area contributed by atoms with Crippen molar-refractivity contribution in [1.29, 1.82) is 0 Å². The van der Waals surface area contributed by atoms with E-state index in [1.807, 2.05) is 19.0 Å². The molecule has 94 valence electrons. The molecule has 0 aliphatic rings. The number of nitrogens with one attached hydrogen (secondary N) is 1. The van der Waals surface area contributed by atoms with E-state index in [2.05, 4.69) is 5.32 Å². The van der Waals surface area contributed by atoms with Crippen LogP contribution >= 0.6 is 23.2 Å². The van der Waals surface area contributed by atoms with E-state index in [4.69, 9.17) is 23.2 Å². The van der Waals surface area contributed by atoms with Crippen LogP contribution in [0.3, 0.4) is 0 Å². The molecule has 1 aromatic carbocycles. The van der Waals surface area contributed by atoms with Crippen LogP contribution in [0.5, 0.6) is 0 Å². The summed E-state index contributed by atoms with van der Waals surface area (Å²) in [6.45, 7) is 1.47. The summed E-state index contributed by atoms with van der Waals surface area (Å²) in [6, 6.07) is 5.22. The lowest BCUT2D eigenvalue weighted by Gasteiger charge is -2.10. The Hall–Kier alpha value is -0.770. The molecule has 0 aliphatic heterocycles. The molecule has 0 spiro atoms. The number of carbonyl (C=O) groups excluding carboxylic acids is 1. The number of hydrogen-bond donors (Lipinski definition) is 1. The van der Waals surface area contributed by atoms with E-state index in [9.17, 15) is 4.79 Å². The Morgan fingerprint density at radius 2 is 2.00 bits per heavy atom. The van der Waals surface area contributed by atoms with E-state index in [1.54, 1.807) is 18.2 Å². The predicted octanol–water partition coefficient (Wildman–Crippen LogP) is 2.21. The van der Waals surface area contributed by atoms with Crippen LogP contribution in [0.15, 0.2) is 18.2 Å². The van der Waals surface area contributed by atoms with Gasteiger partial charge in [0, 0.05) is 13.1 Å². The Morgan fingerprint density at radius 1 is 1.29 bits per heavy atom. The molecule has 0 aromatic heterocycles. The lowest BCUT2D eigenvalue weighted by atomic mass is 10.1. The molecular formula is C12H16Cl2N2O. The minimum Gasteiger partial charge on any atom is -0.355 e. The topological polar surface area (TPSA) is 32.3 Å². The number of halogens is 2. The highest BCUT2D eigenvalue weighted by atomic mass is 35.5. The van der Waals surface area contributed by atoms with E-state index in [1.165, 1.54) is 0 Å². The van der Waals surface area contributed by atoms with Gasteiger partial charge in [-0.2, -0.15) is 0 Å². The molecule has 0 bridgehead atoms. The smallest absolute Gasteiger partial charge is 0.224 e. The Morgan fingerprint density at radius 3 is 2.59 bits per heavy atom. The van der Waals surface area contributed by atoms with Crippen molar-refractivity contribution in [3.05, 3.63) is 33.8 Å². The maximum absolute atomic E-state index is 11.6. The summed E-state index contributed by atoms with van der Waals surface area (Å²) in [5.41, 5.74) is 0.863. The van der Waals surface area contributed by atoms with Gasteiger partial charge in [-0.25, -0.2) is 0 Å². The molecule has 0 fully saturated rings. The zero-order chi connectivity index (χ0) is 12.8. The highest BCUT2D eigenvalue weighted by Crippen LogP contribution is 2.22. The Bertz CT molecular complexity index is 394. The first-order valence-corrected chi connectivity index (χ1v) is 6.10. The van der Waals surface area contributed by atoms with Crippen LogP contribution in [0.1, 0.15) is 5.56 Å². The average Bonchev–Trinajstić information content (AvgIpc) is 2.23. The van der Waals surface area contributed by atoms with Crippen LogP contribution in [0.2, 0.25) is 10.0 Å². The summed E-state index contributed by atoms with van der Waals surface area (Å²) in [4.78, 5) is 13.6. The summed E-state index contributed by atoms with van der Waals surface area (Å²) in [5.74, 6) is -0.00904. The molecule has 1 amide bonds. The van der Waals surface area contributed by atoms with Crippen molar-refractivity contribution >= 4 is 29.1 Å². The van der Waals surface area contributed by atoms with Gasteiger partial charge in [0.2, 0.25) is 5.91 Å². The van der Waals surface area contributed by atoms with Gasteiger partial charge in [-0.3, -0.25) is 4.79 Å². The van der Waals surface area contributed by atoms with Crippen molar-refractivity contribution in [2.75, 3.05) is 27.2 Å². The number of likely N-dealkylation sites (N-methyl/N-ethyl adjacent to an activating group) is 1. The fourth-order valence-corrected chi connectivity index (χ4v) is 1.64. The Labute approximate surface area is 112 Å². The van der Waals surface area contributed by atoms with Gasteiger partial charge in [-0.15, -0.1) is 0 Å². The van der Waals surface area contributed by atoms with Gasteiger partial charge in [0.25, 0.3) is 0 Å². The quantitative estimate of drug-likeness (QED) is 0.893. The molecule has 3 nitrogen and oxygen atoms in total. The minimum atomic E-state index is -0.00904. The summed E-state index contributed by atoms with van der Waals surface area (Å²) in [7, 11) is 3.93. The minimum absolute atomic E-state index is 0.00904. The number of amides is 1. The summed E-state index contributed by atoms with van der Waals surface area (Å²) in [5, 5.41) is 3.82. The van der Waals surface area contributed by atoms with Crippen LogP contribution in [-0.2, 0) is 11.2 Å². The average molecular weight is 275 g/mol. The lowest BCUT2D eigenvalue weighted by Crippen LogP contribution is -2.32. The van der Waals surface area contributed by atoms with E-state index in [0.717, 1.165) is 12.1 Å². The van der Waals surface area contributed by atoms with Crippen molar-refractivity contribution < 1.29 is 4.79 Å². The van der Waals surface area contributed by atoms with E-state index < -0.39 is 0 Å². The second-order valence-corrected chi connectivity index (χ2v) is 4.89. The number of rotatable bonds is 5. The third-order valence-corrected chi connectivity index (χ3v) is 2.97. The normalized spacial score (nSPS) is 10.6. The standard InChI is InChI=1S/C12H16Cl2N2O/c1-16(2)6-5-15-12(17)8-9-3-4-10(13)11(14)7-9/h3-4,7H,5-6,8H2,1-2H3,(H,15,17). The molecule has 0 atom stereocenters. The summed E-state index contributed by atoms with van der Waals surface area (Å²) in [6.07, 6.45) is 0.324. The van der Waals surface area contributed by atoms with Crippen molar-refractivity contribution in [2.24, 2.45) is 0 Å². The van der Waals surface area contributed by atoms with E-state index in [-0.39, 0.29) is 5.91 Å². The number of benzene rings is 1. The highest BCUT2D eigenvalue weighted by Gasteiger charge is 2.05. The van der Waals surface area contributed by atoms with Gasteiger partial charge in [0.05, 0.1) is 16.5 Å². The Kier molecular flexibility index (Phi) is 5.75. The van der Waals surface area contributed by atoms with Crippen LogP contribution in [0.25, 0.3) is 0 Å². The van der Waals surface area contributed by atoms with Crippen LogP contribution in [-0.4, -0.2) is 38.0 Å². The van der Waals surface area contributed by atoms with Gasteiger partial charge >= 0.3 is 0 Å². The van der Waals surface area contributed by atoms with Gasteiger partial charge in [0.1, 0.15) is 0 Å². The first kappa shape index (κ1) is 14.3. The zero-order valence-corrected chi connectivity index (χ0v) is 11.5. The number of carbonyl (C=O) groups is 1. The molecular weight excluding hydrogens is 259 g/mol. The molecule has 0 radical (unpaired) electrons. The zero-order valence-electron chi connectivity index (χ0n) is 9.96. The lowest BCUT2D eigenvalue weighted by molar-refractivity contribution is -0.120. The molecule has 1 N–H and O–H groups in total. The highest BCUT2D eigenvalue weighted by molar-refractivity contribution is 6.42. The second kappa shape index (κ2) is 6.84. The van der Waals surface area contributed by atoms with Crippen molar-refractivity contribution in [3.8, 4) is 0 Å². The van der Waals surface area contributed by atoms with Crippen LogP contribution in [0, 0.1) is 0 Å². The molecule has 0 heterocycles. The first-order valence-electron chi connectivity index (χ1n) is 5.34. The maximum atomic E-state index is 11.6. The fourth-order valence-electron chi connectivity index (χ4n) is 1.32. The third-order valence-electron chi connectivity index (χ3n) is 2.23. The predicted molar refractivity (Wildman–Crippen MR) is 71.7 cm³/mol. The molecule has 1 rings (SSSR count). The SMILES string of the molecule is CN(C)CCNC(=O)Cc1ccc(Cl)c(Cl)c1. The Balaban J connectivity index is 2.42. The van der Waals surface area contributed by atoms with E-state index >= 15 is 0 Å². The second-order valence-electron chi connectivity index (χ2n) is 4.08.